The van der Waals surface area contributed by atoms with E-state index in [1.165, 1.54) is 0 Å². The van der Waals surface area contributed by atoms with Gasteiger partial charge in [-0.1, -0.05) is 39.3 Å². The van der Waals surface area contributed by atoms with Gasteiger partial charge in [0.05, 0.1) is 5.02 Å². The number of phenols is 1. The lowest BCUT2D eigenvalue weighted by atomic mass is 10.1. The van der Waals surface area contributed by atoms with Crippen LogP contribution in [0.25, 0.3) is 0 Å². The van der Waals surface area contributed by atoms with Gasteiger partial charge in [-0.15, -0.1) is 11.6 Å². The van der Waals surface area contributed by atoms with Crippen molar-refractivity contribution in [2.45, 2.75) is 41.0 Å². The first-order valence-electron chi connectivity index (χ1n) is 5.69. The molecule has 16 heavy (non-hydrogen) atoms. The van der Waals surface area contributed by atoms with Crippen LogP contribution in [0.4, 0.5) is 0 Å². The monoisotopic (exact) mass is 264 g/mol. The normalized spacial score (nSPS) is 8.44. The number of alkyl halides is 1. The number of aromatic hydroxyl groups is 1. The molecule has 1 rings (SSSR count). The van der Waals surface area contributed by atoms with Gasteiger partial charge < -0.3 is 5.11 Å². The predicted octanol–water partition coefficient (Wildman–Crippen LogP) is 5.19. The number of aryl methyl sites for hydroxylation is 2. The Kier molecular flexibility index (Phi) is 12.5. The van der Waals surface area contributed by atoms with Crippen molar-refractivity contribution in [1.82, 2.24) is 0 Å². The van der Waals surface area contributed by atoms with Crippen LogP contribution in [0, 0.1) is 6.92 Å². The molecule has 0 fully saturated rings. The summed E-state index contributed by atoms with van der Waals surface area (Å²) >= 11 is 11.3. The molecule has 0 spiro atoms. The fourth-order valence-corrected chi connectivity index (χ4v) is 1.47. The number of benzene rings is 1. The topological polar surface area (TPSA) is 20.2 Å². The largest absolute Gasteiger partial charge is 0.506 e. The highest BCUT2D eigenvalue weighted by Gasteiger charge is 2.03. The smallest absolute Gasteiger partial charge is 0.134 e. The second kappa shape index (κ2) is 11.1. The van der Waals surface area contributed by atoms with Crippen molar-refractivity contribution in [1.29, 1.82) is 0 Å². The lowest BCUT2D eigenvalue weighted by Gasteiger charge is -2.05. The molecule has 0 saturated carbocycles. The van der Waals surface area contributed by atoms with Crippen molar-refractivity contribution in [3.8, 4) is 5.75 Å². The molecule has 0 amide bonds. The standard InChI is InChI=1S/C9H10Cl2O.2C2H6/c1-6-4-9(12)8(11)5-7(6)2-3-10;2*1-2/h4-5,12H,2-3H2,1H3;2*1-2H3. The number of hydrogen-bond donors (Lipinski definition) is 1. The van der Waals surface area contributed by atoms with E-state index in [9.17, 15) is 5.11 Å². The highest BCUT2D eigenvalue weighted by molar-refractivity contribution is 6.32. The minimum absolute atomic E-state index is 0.132. The number of halogens is 2. The van der Waals surface area contributed by atoms with Gasteiger partial charge in [-0.25, -0.2) is 0 Å². The Morgan fingerprint density at radius 1 is 1.12 bits per heavy atom. The zero-order valence-electron chi connectivity index (χ0n) is 10.8. The van der Waals surface area contributed by atoms with Crippen LogP contribution in [0.15, 0.2) is 12.1 Å². The van der Waals surface area contributed by atoms with Gasteiger partial charge in [-0.2, -0.15) is 0 Å². The first-order chi connectivity index (χ1) is 7.65. The molecule has 1 aromatic carbocycles. The van der Waals surface area contributed by atoms with Crippen LogP contribution in [0.2, 0.25) is 5.02 Å². The minimum Gasteiger partial charge on any atom is -0.506 e. The van der Waals surface area contributed by atoms with Gasteiger partial charge >= 0.3 is 0 Å². The van der Waals surface area contributed by atoms with Crippen LogP contribution >= 0.6 is 23.2 Å². The number of rotatable bonds is 2. The summed E-state index contributed by atoms with van der Waals surface area (Å²) in [5, 5.41) is 9.62. The molecule has 0 aliphatic heterocycles. The van der Waals surface area contributed by atoms with Crippen LogP contribution in [0.1, 0.15) is 38.8 Å². The molecular formula is C13H22Cl2O. The molecule has 0 saturated heterocycles. The molecule has 3 heteroatoms. The van der Waals surface area contributed by atoms with E-state index in [4.69, 9.17) is 23.2 Å². The summed E-state index contributed by atoms with van der Waals surface area (Å²) in [5.41, 5.74) is 2.12. The molecule has 94 valence electrons. The van der Waals surface area contributed by atoms with Gasteiger partial charge in [0, 0.05) is 5.88 Å². The molecule has 0 unspecified atom stereocenters. The van der Waals surface area contributed by atoms with Gasteiger partial charge in [0.15, 0.2) is 0 Å². The third kappa shape index (κ3) is 6.24. The van der Waals surface area contributed by atoms with Gasteiger partial charge in [-0.05, 0) is 36.6 Å². The Morgan fingerprint density at radius 3 is 2.06 bits per heavy atom. The molecule has 1 nitrogen and oxygen atoms in total. The van der Waals surface area contributed by atoms with Gasteiger partial charge in [0.2, 0.25) is 0 Å². The van der Waals surface area contributed by atoms with Gasteiger partial charge in [0.1, 0.15) is 5.75 Å². The summed E-state index contributed by atoms with van der Waals surface area (Å²) < 4.78 is 0. The molecule has 0 aliphatic rings. The van der Waals surface area contributed by atoms with E-state index < -0.39 is 0 Å². The molecule has 0 bridgehead atoms. The molecule has 1 aromatic rings. The zero-order valence-corrected chi connectivity index (χ0v) is 12.3. The molecular weight excluding hydrogens is 243 g/mol. The summed E-state index contributed by atoms with van der Waals surface area (Å²) in [7, 11) is 0. The van der Waals surface area contributed by atoms with E-state index in [2.05, 4.69) is 0 Å². The number of hydrogen-bond acceptors (Lipinski definition) is 1. The van der Waals surface area contributed by atoms with Crippen molar-refractivity contribution in [3.05, 3.63) is 28.3 Å². The van der Waals surface area contributed by atoms with E-state index in [1.807, 2.05) is 34.6 Å². The fourth-order valence-electron chi connectivity index (χ4n) is 1.08. The Hall–Kier alpha value is -0.400. The van der Waals surface area contributed by atoms with Crippen molar-refractivity contribution >= 4 is 23.2 Å². The maximum absolute atomic E-state index is 9.23. The molecule has 0 aliphatic carbocycles. The Morgan fingerprint density at radius 2 is 1.62 bits per heavy atom. The summed E-state index contributed by atoms with van der Waals surface area (Å²) in [6.07, 6.45) is 0.785. The summed E-state index contributed by atoms with van der Waals surface area (Å²) in [6.45, 7) is 9.93. The fraction of sp³-hybridized carbons (Fsp3) is 0.538. The van der Waals surface area contributed by atoms with Crippen LogP contribution < -0.4 is 0 Å². The van der Waals surface area contributed by atoms with E-state index in [0.717, 1.165) is 17.5 Å². The van der Waals surface area contributed by atoms with Crippen LogP contribution in [-0.2, 0) is 6.42 Å². The third-order valence-electron chi connectivity index (χ3n) is 1.77. The van der Waals surface area contributed by atoms with Crippen molar-refractivity contribution < 1.29 is 5.11 Å². The average molecular weight is 265 g/mol. The first kappa shape index (κ1) is 18.0. The lowest BCUT2D eigenvalue weighted by Crippen LogP contribution is -1.90. The van der Waals surface area contributed by atoms with Gasteiger partial charge in [0.25, 0.3) is 0 Å². The Balaban J connectivity index is 0. The first-order valence-corrected chi connectivity index (χ1v) is 6.60. The van der Waals surface area contributed by atoms with Gasteiger partial charge in [-0.3, -0.25) is 0 Å². The second-order valence-corrected chi connectivity index (χ2v) is 3.45. The van der Waals surface area contributed by atoms with Crippen molar-refractivity contribution in [2.75, 3.05) is 5.88 Å². The second-order valence-electron chi connectivity index (χ2n) is 2.67. The highest BCUT2D eigenvalue weighted by atomic mass is 35.5. The Labute approximate surface area is 109 Å². The highest BCUT2D eigenvalue weighted by Crippen LogP contribution is 2.26. The van der Waals surface area contributed by atoms with Crippen LogP contribution in [0.5, 0.6) is 5.75 Å². The molecule has 0 atom stereocenters. The predicted molar refractivity (Wildman–Crippen MR) is 75.0 cm³/mol. The van der Waals surface area contributed by atoms with E-state index in [1.54, 1.807) is 12.1 Å². The molecule has 0 aromatic heterocycles. The van der Waals surface area contributed by atoms with Crippen molar-refractivity contribution in [2.24, 2.45) is 0 Å². The van der Waals surface area contributed by atoms with Crippen LogP contribution in [-0.4, -0.2) is 11.0 Å². The van der Waals surface area contributed by atoms with Crippen LogP contribution in [0.3, 0.4) is 0 Å². The van der Waals surface area contributed by atoms with E-state index in [0.29, 0.717) is 10.9 Å². The summed E-state index contributed by atoms with van der Waals surface area (Å²) in [4.78, 5) is 0. The third-order valence-corrected chi connectivity index (χ3v) is 2.26. The van der Waals surface area contributed by atoms with E-state index >= 15 is 0 Å². The van der Waals surface area contributed by atoms with E-state index in [-0.39, 0.29) is 5.75 Å². The lowest BCUT2D eigenvalue weighted by molar-refractivity contribution is 0.475. The quantitative estimate of drug-likeness (QED) is 0.730. The zero-order chi connectivity index (χ0) is 13.1. The maximum Gasteiger partial charge on any atom is 0.134 e. The molecule has 1 N–H and O–H groups in total. The average Bonchev–Trinajstić information content (AvgIpc) is 2.31. The van der Waals surface area contributed by atoms with Crippen molar-refractivity contribution in [3.63, 3.8) is 0 Å². The molecule has 0 radical (unpaired) electrons. The SMILES string of the molecule is CC.CC.Cc1cc(O)c(Cl)cc1CCCl. The summed E-state index contributed by atoms with van der Waals surface area (Å²) in [6, 6.07) is 3.42. The summed E-state index contributed by atoms with van der Waals surface area (Å²) in [5.74, 6) is 0.703. The maximum atomic E-state index is 9.23. The molecule has 0 heterocycles. The minimum atomic E-state index is 0.132. The number of phenolic OH excluding ortho intramolecular Hbond substituents is 1. The Bertz CT molecular complexity index is 286.